The Hall–Kier alpha value is -1.78. The second kappa shape index (κ2) is 4.24. The van der Waals surface area contributed by atoms with Gasteiger partial charge in [-0.1, -0.05) is 19.1 Å². The predicted molar refractivity (Wildman–Crippen MR) is 58.4 cm³/mol. The first kappa shape index (κ1) is 11.7. The third-order valence-electron chi connectivity index (χ3n) is 2.52. The monoisotopic (exact) mass is 240 g/mol. The highest BCUT2D eigenvalue weighted by molar-refractivity contribution is 5.59. The fourth-order valence-electron chi connectivity index (χ4n) is 1.52. The second-order valence-electron chi connectivity index (χ2n) is 3.71. The molecule has 1 aromatic carbocycles. The molecule has 0 aliphatic rings. The van der Waals surface area contributed by atoms with E-state index in [1.54, 1.807) is 0 Å². The zero-order chi connectivity index (χ0) is 12.5. The van der Waals surface area contributed by atoms with Gasteiger partial charge in [-0.05, 0) is 24.6 Å². The van der Waals surface area contributed by atoms with Gasteiger partial charge in [-0.15, -0.1) is 0 Å². The molecule has 0 aliphatic heterocycles. The van der Waals surface area contributed by atoms with Crippen LogP contribution in [0.3, 0.4) is 0 Å². The number of alkyl halides is 3. The summed E-state index contributed by atoms with van der Waals surface area (Å²) in [5, 5.41) is 6.87. The molecular formula is C12H11F3N2. The molecule has 5 heteroatoms. The van der Waals surface area contributed by atoms with Crippen molar-refractivity contribution in [2.45, 2.75) is 19.5 Å². The Balaban J connectivity index is 2.29. The van der Waals surface area contributed by atoms with E-state index in [0.717, 1.165) is 24.2 Å². The highest BCUT2D eigenvalue weighted by Crippen LogP contribution is 2.30. The van der Waals surface area contributed by atoms with Crippen LogP contribution >= 0.6 is 0 Å². The van der Waals surface area contributed by atoms with E-state index in [9.17, 15) is 13.2 Å². The Morgan fingerprint density at radius 2 is 1.82 bits per heavy atom. The molecule has 0 aliphatic carbocycles. The number of aromatic nitrogens is 2. The number of hydrogen-bond acceptors (Lipinski definition) is 1. The van der Waals surface area contributed by atoms with Crippen molar-refractivity contribution in [2.75, 3.05) is 0 Å². The third kappa shape index (κ3) is 2.49. The van der Waals surface area contributed by atoms with E-state index in [1.807, 2.05) is 13.0 Å². The van der Waals surface area contributed by atoms with Gasteiger partial charge in [0.1, 0.15) is 0 Å². The predicted octanol–water partition coefficient (Wildman–Crippen LogP) is 3.66. The van der Waals surface area contributed by atoms with Crippen molar-refractivity contribution in [2.24, 2.45) is 0 Å². The van der Waals surface area contributed by atoms with Gasteiger partial charge in [0.15, 0.2) is 0 Å². The summed E-state index contributed by atoms with van der Waals surface area (Å²) in [5.74, 6) is 0. The molecule has 2 rings (SSSR count). The Morgan fingerprint density at radius 3 is 2.29 bits per heavy atom. The number of halogens is 3. The number of benzene rings is 1. The average molecular weight is 240 g/mol. The van der Waals surface area contributed by atoms with Gasteiger partial charge < -0.3 is 0 Å². The minimum absolute atomic E-state index is 0.646. The van der Waals surface area contributed by atoms with Gasteiger partial charge >= 0.3 is 6.18 Å². The molecule has 0 radical (unpaired) electrons. The maximum atomic E-state index is 12.4. The molecule has 2 nitrogen and oxygen atoms in total. The molecular weight excluding hydrogens is 229 g/mol. The highest BCUT2D eigenvalue weighted by Gasteiger charge is 2.29. The molecule has 1 N–H and O–H groups in total. The van der Waals surface area contributed by atoms with Gasteiger partial charge in [0.05, 0.1) is 11.3 Å². The molecule has 1 heterocycles. The SMILES string of the molecule is CCc1cc(-c2ccc(C(F)(F)F)cc2)n[nH]1. The van der Waals surface area contributed by atoms with Crippen molar-refractivity contribution in [3.8, 4) is 11.3 Å². The molecule has 2 aromatic rings. The van der Waals surface area contributed by atoms with Gasteiger partial charge in [-0.25, -0.2) is 0 Å². The van der Waals surface area contributed by atoms with E-state index in [2.05, 4.69) is 10.2 Å². The van der Waals surface area contributed by atoms with E-state index in [4.69, 9.17) is 0 Å². The van der Waals surface area contributed by atoms with Crippen molar-refractivity contribution in [3.63, 3.8) is 0 Å². The molecule has 0 unspecified atom stereocenters. The summed E-state index contributed by atoms with van der Waals surface area (Å²) in [5.41, 5.74) is 1.65. The summed E-state index contributed by atoms with van der Waals surface area (Å²) in [6.07, 6.45) is -3.48. The van der Waals surface area contributed by atoms with Crippen LogP contribution < -0.4 is 0 Å². The lowest BCUT2D eigenvalue weighted by atomic mass is 10.1. The van der Waals surface area contributed by atoms with Crippen molar-refractivity contribution in [1.82, 2.24) is 10.2 Å². The van der Waals surface area contributed by atoms with Crippen molar-refractivity contribution >= 4 is 0 Å². The van der Waals surface area contributed by atoms with Gasteiger partial charge in [-0.3, -0.25) is 5.10 Å². The number of nitrogens with one attached hydrogen (secondary N) is 1. The Morgan fingerprint density at radius 1 is 1.18 bits per heavy atom. The zero-order valence-corrected chi connectivity index (χ0v) is 9.17. The Labute approximate surface area is 96.5 Å². The molecule has 0 spiro atoms. The first-order chi connectivity index (χ1) is 8.00. The summed E-state index contributed by atoms with van der Waals surface area (Å²) in [6, 6.07) is 6.82. The summed E-state index contributed by atoms with van der Waals surface area (Å²) in [6.45, 7) is 1.98. The number of aromatic amines is 1. The summed E-state index contributed by atoms with van der Waals surface area (Å²) >= 11 is 0. The minimum atomic E-state index is -4.29. The van der Waals surface area contributed by atoms with Crippen LogP contribution in [0.5, 0.6) is 0 Å². The fraction of sp³-hybridized carbons (Fsp3) is 0.250. The standard InChI is InChI=1S/C12H11F3N2/c1-2-10-7-11(17-16-10)8-3-5-9(6-4-8)12(13,14)15/h3-7H,2H2,1H3,(H,16,17). The van der Waals surface area contributed by atoms with Crippen LogP contribution in [0.1, 0.15) is 18.2 Å². The normalized spacial score (nSPS) is 11.8. The molecule has 0 atom stereocenters. The van der Waals surface area contributed by atoms with E-state index in [0.29, 0.717) is 11.3 Å². The minimum Gasteiger partial charge on any atom is -0.282 e. The van der Waals surface area contributed by atoms with Gasteiger partial charge in [0.25, 0.3) is 0 Å². The lowest BCUT2D eigenvalue weighted by Gasteiger charge is -2.06. The van der Waals surface area contributed by atoms with Gasteiger partial charge in [0, 0.05) is 11.3 Å². The quantitative estimate of drug-likeness (QED) is 0.852. The van der Waals surface area contributed by atoms with Crippen LogP contribution in [-0.4, -0.2) is 10.2 Å². The van der Waals surface area contributed by atoms with Crippen molar-refractivity contribution in [1.29, 1.82) is 0 Å². The van der Waals surface area contributed by atoms with Crippen LogP contribution in [-0.2, 0) is 12.6 Å². The van der Waals surface area contributed by atoms with E-state index in [1.165, 1.54) is 12.1 Å². The topological polar surface area (TPSA) is 28.7 Å². The van der Waals surface area contributed by atoms with Crippen LogP contribution in [0.25, 0.3) is 11.3 Å². The molecule has 17 heavy (non-hydrogen) atoms. The molecule has 90 valence electrons. The number of rotatable bonds is 2. The number of H-pyrrole nitrogens is 1. The van der Waals surface area contributed by atoms with Crippen LogP contribution in [0, 0.1) is 0 Å². The number of hydrogen-bond donors (Lipinski definition) is 1. The summed E-state index contributed by atoms with van der Waals surface area (Å²) < 4.78 is 37.1. The summed E-state index contributed by atoms with van der Waals surface area (Å²) in [4.78, 5) is 0. The lowest BCUT2D eigenvalue weighted by Crippen LogP contribution is -2.03. The molecule has 0 saturated carbocycles. The number of aryl methyl sites for hydroxylation is 1. The van der Waals surface area contributed by atoms with Gasteiger partial charge in [0.2, 0.25) is 0 Å². The molecule has 0 saturated heterocycles. The maximum absolute atomic E-state index is 12.4. The molecule has 1 aromatic heterocycles. The maximum Gasteiger partial charge on any atom is 0.416 e. The van der Waals surface area contributed by atoms with Crippen LogP contribution in [0.4, 0.5) is 13.2 Å². The average Bonchev–Trinajstić information content (AvgIpc) is 2.76. The van der Waals surface area contributed by atoms with Crippen molar-refractivity contribution in [3.05, 3.63) is 41.6 Å². The molecule has 0 bridgehead atoms. The largest absolute Gasteiger partial charge is 0.416 e. The van der Waals surface area contributed by atoms with E-state index in [-0.39, 0.29) is 0 Å². The second-order valence-corrected chi connectivity index (χ2v) is 3.71. The van der Waals surface area contributed by atoms with E-state index < -0.39 is 11.7 Å². The lowest BCUT2D eigenvalue weighted by molar-refractivity contribution is -0.137. The van der Waals surface area contributed by atoms with Gasteiger partial charge in [-0.2, -0.15) is 18.3 Å². The van der Waals surface area contributed by atoms with Crippen LogP contribution in [0.15, 0.2) is 30.3 Å². The molecule has 0 fully saturated rings. The zero-order valence-electron chi connectivity index (χ0n) is 9.17. The first-order valence-corrected chi connectivity index (χ1v) is 5.22. The van der Waals surface area contributed by atoms with E-state index >= 15 is 0 Å². The summed E-state index contributed by atoms with van der Waals surface area (Å²) in [7, 11) is 0. The highest BCUT2D eigenvalue weighted by atomic mass is 19.4. The Bertz CT molecular complexity index is 497. The molecule has 0 amide bonds. The van der Waals surface area contributed by atoms with Crippen LogP contribution in [0.2, 0.25) is 0 Å². The van der Waals surface area contributed by atoms with Crippen molar-refractivity contribution < 1.29 is 13.2 Å². The smallest absolute Gasteiger partial charge is 0.282 e. The number of nitrogens with zero attached hydrogens (tertiary/aromatic N) is 1. The Kier molecular flexibility index (Phi) is 2.92. The fourth-order valence-corrected chi connectivity index (χ4v) is 1.52. The first-order valence-electron chi connectivity index (χ1n) is 5.22. The third-order valence-corrected chi connectivity index (χ3v) is 2.52.